The number of nitrogens with zero attached hydrogens (tertiary/aromatic N) is 4. The van der Waals surface area contributed by atoms with E-state index in [0.717, 1.165) is 4.68 Å². The standard InChI is InChI=1S/C25H24FN5O4/c1-25(2,34)9-8-16-6-7-21-20(12-16)30(3)23(32)19(15-35-21)29-24(33)31-14-17(13-28-31)11-18-5-4-10-27-22(18)26/h4-7,10,12-14,19,34H,11,15H2,1-3H3,(H,29,33)/t19-/m0/s1. The molecule has 3 heterocycles. The number of benzene rings is 1. The molecular weight excluding hydrogens is 453 g/mol. The maximum absolute atomic E-state index is 13.8. The van der Waals surface area contributed by atoms with Crippen LogP contribution in [-0.4, -0.2) is 57.1 Å². The Morgan fingerprint density at radius 1 is 1.37 bits per heavy atom. The third-order valence-corrected chi connectivity index (χ3v) is 5.24. The van der Waals surface area contributed by atoms with E-state index in [9.17, 15) is 19.1 Å². The molecule has 1 aromatic carbocycles. The number of aliphatic hydroxyl groups is 1. The molecule has 0 radical (unpaired) electrons. The highest BCUT2D eigenvalue weighted by Crippen LogP contribution is 2.31. The van der Waals surface area contributed by atoms with Gasteiger partial charge in [0.25, 0.3) is 5.91 Å². The molecule has 0 spiro atoms. The highest BCUT2D eigenvalue weighted by Gasteiger charge is 2.31. The Hall–Kier alpha value is -4.23. The molecule has 0 saturated heterocycles. The van der Waals surface area contributed by atoms with Gasteiger partial charge in [0, 0.05) is 37.0 Å². The van der Waals surface area contributed by atoms with Gasteiger partial charge in [0.1, 0.15) is 24.0 Å². The minimum absolute atomic E-state index is 0.0777. The minimum Gasteiger partial charge on any atom is -0.489 e. The number of likely N-dealkylation sites (N-methyl/N-ethyl adjacent to an activating group) is 1. The average molecular weight is 477 g/mol. The van der Waals surface area contributed by atoms with E-state index in [2.05, 4.69) is 27.2 Å². The van der Waals surface area contributed by atoms with Crippen LogP contribution in [0.25, 0.3) is 0 Å². The second kappa shape index (κ2) is 9.56. The van der Waals surface area contributed by atoms with Crippen LogP contribution in [0.5, 0.6) is 5.75 Å². The number of amides is 2. The van der Waals surface area contributed by atoms with E-state index in [1.54, 1.807) is 51.2 Å². The summed E-state index contributed by atoms with van der Waals surface area (Å²) in [5, 5.41) is 16.5. The monoisotopic (exact) mass is 477 g/mol. The summed E-state index contributed by atoms with van der Waals surface area (Å²) < 4.78 is 20.6. The molecule has 4 rings (SSSR count). The van der Waals surface area contributed by atoms with E-state index in [1.165, 1.54) is 23.5 Å². The minimum atomic E-state index is -1.15. The van der Waals surface area contributed by atoms with E-state index >= 15 is 0 Å². The largest absolute Gasteiger partial charge is 0.489 e. The number of halogens is 1. The molecule has 0 saturated carbocycles. The van der Waals surface area contributed by atoms with Gasteiger partial charge in [0.2, 0.25) is 5.95 Å². The number of anilines is 1. The van der Waals surface area contributed by atoms with Crippen molar-refractivity contribution in [1.29, 1.82) is 0 Å². The molecule has 1 aliphatic rings. The number of hydrogen-bond donors (Lipinski definition) is 2. The number of rotatable bonds is 3. The molecule has 2 aromatic heterocycles. The van der Waals surface area contributed by atoms with Crippen molar-refractivity contribution in [1.82, 2.24) is 20.1 Å². The summed E-state index contributed by atoms with van der Waals surface area (Å²) in [5.41, 5.74) is 0.934. The molecule has 35 heavy (non-hydrogen) atoms. The van der Waals surface area contributed by atoms with Gasteiger partial charge >= 0.3 is 6.03 Å². The zero-order valence-electron chi connectivity index (χ0n) is 19.4. The Bertz CT molecular complexity index is 1340. The Morgan fingerprint density at radius 3 is 2.91 bits per heavy atom. The summed E-state index contributed by atoms with van der Waals surface area (Å²) >= 11 is 0. The highest BCUT2D eigenvalue weighted by molar-refractivity contribution is 6.00. The number of carbonyl (C=O) groups excluding carboxylic acids is 2. The molecule has 2 N–H and O–H groups in total. The van der Waals surface area contributed by atoms with Gasteiger partial charge in [0.05, 0.1) is 11.9 Å². The Morgan fingerprint density at radius 2 is 2.17 bits per heavy atom. The second-order valence-electron chi connectivity index (χ2n) is 8.63. The number of nitrogens with one attached hydrogen (secondary N) is 1. The van der Waals surface area contributed by atoms with E-state index in [0.29, 0.717) is 28.1 Å². The molecule has 0 aliphatic carbocycles. The molecule has 9 nitrogen and oxygen atoms in total. The van der Waals surface area contributed by atoms with Crippen LogP contribution in [0.2, 0.25) is 0 Å². The van der Waals surface area contributed by atoms with Gasteiger partial charge < -0.3 is 20.1 Å². The molecule has 0 fully saturated rings. The number of ether oxygens (including phenoxy) is 1. The van der Waals surface area contributed by atoms with Crippen LogP contribution in [0.15, 0.2) is 48.9 Å². The Balaban J connectivity index is 1.46. The lowest BCUT2D eigenvalue weighted by Gasteiger charge is -2.20. The number of pyridine rings is 1. The molecule has 0 unspecified atom stereocenters. The summed E-state index contributed by atoms with van der Waals surface area (Å²) in [7, 11) is 1.58. The summed E-state index contributed by atoms with van der Waals surface area (Å²) in [6, 6.07) is 6.75. The van der Waals surface area contributed by atoms with Crippen LogP contribution in [0.4, 0.5) is 14.9 Å². The molecule has 10 heteroatoms. The first-order valence-electron chi connectivity index (χ1n) is 10.8. The second-order valence-corrected chi connectivity index (χ2v) is 8.63. The summed E-state index contributed by atoms with van der Waals surface area (Å²) in [6.07, 6.45) is 4.50. The smallest absolute Gasteiger partial charge is 0.342 e. The average Bonchev–Trinajstić information content (AvgIpc) is 3.25. The van der Waals surface area contributed by atoms with Crippen molar-refractivity contribution in [3.8, 4) is 17.6 Å². The predicted molar refractivity (Wildman–Crippen MR) is 125 cm³/mol. The van der Waals surface area contributed by atoms with Crippen LogP contribution in [0.3, 0.4) is 0 Å². The lowest BCUT2D eigenvalue weighted by molar-refractivity contribution is -0.120. The SMILES string of the molecule is CN1C(=O)[C@@H](NC(=O)n2cc(Cc3cccnc3F)cn2)COc2ccc(C#CC(C)(C)O)cc21. The third kappa shape index (κ3) is 5.65. The van der Waals surface area contributed by atoms with Crippen molar-refractivity contribution in [2.24, 2.45) is 0 Å². The van der Waals surface area contributed by atoms with Crippen LogP contribution >= 0.6 is 0 Å². The van der Waals surface area contributed by atoms with Crippen molar-refractivity contribution in [2.75, 3.05) is 18.6 Å². The zero-order chi connectivity index (χ0) is 25.2. The summed E-state index contributed by atoms with van der Waals surface area (Å²) in [6.45, 7) is 3.08. The third-order valence-electron chi connectivity index (χ3n) is 5.24. The topological polar surface area (TPSA) is 110 Å². The van der Waals surface area contributed by atoms with Crippen molar-refractivity contribution in [3.63, 3.8) is 0 Å². The van der Waals surface area contributed by atoms with E-state index in [1.807, 2.05) is 0 Å². The molecule has 3 aromatic rings. The molecule has 1 atom stereocenters. The van der Waals surface area contributed by atoms with Crippen LogP contribution < -0.4 is 15.0 Å². The Kier molecular flexibility index (Phi) is 6.53. The van der Waals surface area contributed by atoms with Gasteiger partial charge in [-0.2, -0.15) is 14.2 Å². The van der Waals surface area contributed by atoms with Crippen LogP contribution in [0, 0.1) is 17.8 Å². The van der Waals surface area contributed by atoms with Crippen LogP contribution in [0.1, 0.15) is 30.5 Å². The van der Waals surface area contributed by atoms with E-state index in [-0.39, 0.29) is 18.9 Å². The maximum Gasteiger partial charge on any atom is 0.342 e. The van der Waals surface area contributed by atoms with Crippen molar-refractivity contribution in [2.45, 2.75) is 31.9 Å². The molecule has 180 valence electrons. The fraction of sp³-hybridized carbons (Fsp3) is 0.280. The number of hydrogen-bond acceptors (Lipinski definition) is 6. The lowest BCUT2D eigenvalue weighted by Crippen LogP contribution is -2.50. The fourth-order valence-corrected chi connectivity index (χ4v) is 3.45. The molecular formula is C25H24FN5O4. The highest BCUT2D eigenvalue weighted by atomic mass is 19.1. The summed E-state index contributed by atoms with van der Waals surface area (Å²) in [5.74, 6) is 5.11. The van der Waals surface area contributed by atoms with E-state index < -0.39 is 23.6 Å². The first-order valence-corrected chi connectivity index (χ1v) is 10.8. The quantitative estimate of drug-likeness (QED) is 0.442. The van der Waals surface area contributed by atoms with Gasteiger partial charge in [-0.25, -0.2) is 9.78 Å². The summed E-state index contributed by atoms with van der Waals surface area (Å²) in [4.78, 5) is 30.8. The zero-order valence-corrected chi connectivity index (χ0v) is 19.4. The number of fused-ring (bicyclic) bond motifs is 1. The number of carbonyl (C=O) groups is 2. The molecule has 1 aliphatic heterocycles. The first kappa shape index (κ1) is 23.9. The molecule has 2 amide bonds. The van der Waals surface area contributed by atoms with Crippen molar-refractivity contribution < 1.29 is 23.8 Å². The van der Waals surface area contributed by atoms with Crippen molar-refractivity contribution in [3.05, 3.63) is 71.6 Å². The van der Waals surface area contributed by atoms with E-state index in [4.69, 9.17) is 4.74 Å². The molecule has 0 bridgehead atoms. The van der Waals surface area contributed by atoms with Gasteiger partial charge in [-0.3, -0.25) is 4.79 Å². The van der Waals surface area contributed by atoms with Gasteiger partial charge in [-0.1, -0.05) is 17.9 Å². The lowest BCUT2D eigenvalue weighted by atomic mass is 10.1. The van der Waals surface area contributed by atoms with Gasteiger partial charge in [0.15, 0.2) is 0 Å². The number of aromatic nitrogens is 3. The van der Waals surface area contributed by atoms with Crippen LogP contribution in [-0.2, 0) is 11.2 Å². The van der Waals surface area contributed by atoms with Gasteiger partial charge in [-0.15, -0.1) is 0 Å². The fourth-order valence-electron chi connectivity index (χ4n) is 3.45. The predicted octanol–water partition coefficient (Wildman–Crippen LogP) is 2.11. The van der Waals surface area contributed by atoms with Gasteiger partial charge in [-0.05, 0) is 43.7 Å². The first-order chi connectivity index (χ1) is 16.6. The normalized spacial score (nSPS) is 15.4. The maximum atomic E-state index is 13.8. The Labute approximate surface area is 201 Å². The van der Waals surface area contributed by atoms with Crippen molar-refractivity contribution >= 4 is 17.6 Å².